The van der Waals surface area contributed by atoms with Gasteiger partial charge in [0, 0.05) is 23.4 Å². The average Bonchev–Trinajstić information content (AvgIpc) is 2.58. The van der Waals surface area contributed by atoms with Crippen molar-refractivity contribution in [1.82, 2.24) is 0 Å². The van der Waals surface area contributed by atoms with Gasteiger partial charge < -0.3 is 15.0 Å². The van der Waals surface area contributed by atoms with Gasteiger partial charge >= 0.3 is 5.69 Å². The summed E-state index contributed by atoms with van der Waals surface area (Å²) in [5.41, 5.74) is 1.81. The summed E-state index contributed by atoms with van der Waals surface area (Å²) < 4.78 is 18.0. The first-order valence-corrected chi connectivity index (χ1v) is 7.98. The first-order valence-electron chi connectivity index (χ1n) is 7.98. The monoisotopic (exact) mass is 362 g/mol. The molecule has 1 atom stereocenters. The number of nitrogens with one attached hydrogen (secondary N) is 2. The minimum Gasteiger partial charge on any atom is -0.490 e. The summed E-state index contributed by atoms with van der Waals surface area (Å²) in [5, 5.41) is 13.8. The molecule has 138 valence electrons. The SMILES string of the molecule is COc1cc(NC(=O)C[NH+](C)Cc2ccc(F)cc2)c(C)cc1[N+](=O)[O-]. The van der Waals surface area contributed by atoms with Crippen molar-refractivity contribution in [1.29, 1.82) is 0 Å². The molecule has 0 heterocycles. The Hall–Kier alpha value is -3.00. The number of benzene rings is 2. The quantitative estimate of drug-likeness (QED) is 0.580. The predicted molar refractivity (Wildman–Crippen MR) is 94.9 cm³/mol. The number of hydrogen-bond donors (Lipinski definition) is 2. The molecule has 0 aliphatic carbocycles. The van der Waals surface area contributed by atoms with Gasteiger partial charge in [0.2, 0.25) is 0 Å². The number of aryl methyl sites for hydroxylation is 1. The fourth-order valence-electron chi connectivity index (χ4n) is 2.60. The highest BCUT2D eigenvalue weighted by molar-refractivity contribution is 5.92. The number of nitro groups is 1. The molecule has 8 heteroatoms. The van der Waals surface area contributed by atoms with Crippen molar-refractivity contribution in [3.63, 3.8) is 0 Å². The summed E-state index contributed by atoms with van der Waals surface area (Å²) in [5.74, 6) is -0.446. The van der Waals surface area contributed by atoms with Crippen LogP contribution in [0.5, 0.6) is 5.75 Å². The second kappa shape index (κ2) is 8.39. The largest absolute Gasteiger partial charge is 0.490 e. The van der Waals surface area contributed by atoms with Gasteiger partial charge in [-0.05, 0) is 24.6 Å². The third kappa shape index (κ3) is 5.00. The first-order chi connectivity index (χ1) is 12.3. The molecule has 0 spiro atoms. The summed E-state index contributed by atoms with van der Waals surface area (Å²) >= 11 is 0. The van der Waals surface area contributed by atoms with Gasteiger partial charge in [-0.2, -0.15) is 0 Å². The number of quaternary nitrogens is 1. The van der Waals surface area contributed by atoms with E-state index in [0.29, 0.717) is 17.8 Å². The van der Waals surface area contributed by atoms with E-state index in [4.69, 9.17) is 4.74 Å². The van der Waals surface area contributed by atoms with Crippen molar-refractivity contribution < 1.29 is 23.7 Å². The number of carbonyl (C=O) groups is 1. The van der Waals surface area contributed by atoms with E-state index in [0.717, 1.165) is 10.5 Å². The molecule has 0 radical (unpaired) electrons. The highest BCUT2D eigenvalue weighted by atomic mass is 19.1. The lowest BCUT2D eigenvalue weighted by molar-refractivity contribution is -0.885. The van der Waals surface area contributed by atoms with Gasteiger partial charge in [0.1, 0.15) is 12.4 Å². The summed E-state index contributed by atoms with van der Waals surface area (Å²) in [6.07, 6.45) is 0. The number of anilines is 1. The van der Waals surface area contributed by atoms with Crippen molar-refractivity contribution in [2.45, 2.75) is 13.5 Å². The Balaban J connectivity index is 2.02. The average molecular weight is 362 g/mol. The molecule has 0 fully saturated rings. The number of amides is 1. The maximum absolute atomic E-state index is 12.9. The van der Waals surface area contributed by atoms with E-state index in [2.05, 4.69) is 5.32 Å². The third-order valence-corrected chi connectivity index (χ3v) is 3.88. The number of hydrogen-bond acceptors (Lipinski definition) is 4. The van der Waals surface area contributed by atoms with Crippen molar-refractivity contribution in [2.75, 3.05) is 26.0 Å². The third-order valence-electron chi connectivity index (χ3n) is 3.88. The molecular formula is C18H21FN3O4+. The van der Waals surface area contributed by atoms with Crippen LogP contribution in [0.4, 0.5) is 15.8 Å². The van der Waals surface area contributed by atoms with Crippen LogP contribution in [0.1, 0.15) is 11.1 Å². The number of likely N-dealkylation sites (N-methyl/N-ethyl adjacent to an activating group) is 1. The standard InChI is InChI=1S/C18H20FN3O4/c1-12-8-16(22(24)25)17(26-3)9-15(12)20-18(23)11-21(2)10-13-4-6-14(19)7-5-13/h4-9H,10-11H2,1-3H3,(H,20,23)/p+1. The van der Waals surface area contributed by atoms with Crippen LogP contribution in [0.2, 0.25) is 0 Å². The summed E-state index contributed by atoms with van der Waals surface area (Å²) in [7, 11) is 3.19. The molecule has 2 aromatic carbocycles. The molecule has 2 rings (SSSR count). The van der Waals surface area contributed by atoms with Crippen LogP contribution in [0.15, 0.2) is 36.4 Å². The zero-order chi connectivity index (χ0) is 19.3. The van der Waals surface area contributed by atoms with E-state index in [1.54, 1.807) is 19.1 Å². The lowest BCUT2D eigenvalue weighted by atomic mass is 10.1. The van der Waals surface area contributed by atoms with E-state index in [-0.39, 0.29) is 29.7 Å². The van der Waals surface area contributed by atoms with E-state index < -0.39 is 4.92 Å². The molecule has 0 saturated heterocycles. The Morgan fingerprint density at radius 3 is 2.54 bits per heavy atom. The Bertz CT molecular complexity index is 809. The highest BCUT2D eigenvalue weighted by Crippen LogP contribution is 2.32. The number of nitro benzene ring substituents is 1. The maximum atomic E-state index is 12.9. The Labute approximate surface area is 150 Å². The van der Waals surface area contributed by atoms with Gasteiger partial charge in [-0.15, -0.1) is 0 Å². The van der Waals surface area contributed by atoms with Crippen LogP contribution in [-0.4, -0.2) is 31.5 Å². The molecule has 0 aromatic heterocycles. The van der Waals surface area contributed by atoms with Crippen molar-refractivity contribution in [3.8, 4) is 5.75 Å². The van der Waals surface area contributed by atoms with E-state index >= 15 is 0 Å². The van der Waals surface area contributed by atoms with Gasteiger partial charge in [0.15, 0.2) is 12.3 Å². The van der Waals surface area contributed by atoms with Gasteiger partial charge in [0.25, 0.3) is 5.91 Å². The van der Waals surface area contributed by atoms with Gasteiger partial charge in [-0.1, -0.05) is 12.1 Å². The number of rotatable bonds is 7. The summed E-state index contributed by atoms with van der Waals surface area (Å²) in [6, 6.07) is 8.94. The second-order valence-corrected chi connectivity index (χ2v) is 6.08. The van der Waals surface area contributed by atoms with Gasteiger partial charge in [0.05, 0.1) is 19.1 Å². The van der Waals surface area contributed by atoms with Crippen molar-refractivity contribution in [2.24, 2.45) is 0 Å². The fourth-order valence-corrected chi connectivity index (χ4v) is 2.60. The molecule has 26 heavy (non-hydrogen) atoms. The van der Waals surface area contributed by atoms with Crippen LogP contribution in [0.3, 0.4) is 0 Å². The molecule has 2 N–H and O–H groups in total. The normalized spacial score (nSPS) is 11.7. The van der Waals surface area contributed by atoms with Crippen LogP contribution in [-0.2, 0) is 11.3 Å². The van der Waals surface area contributed by atoms with Crippen molar-refractivity contribution in [3.05, 3.63) is 63.5 Å². The number of ether oxygens (including phenoxy) is 1. The van der Waals surface area contributed by atoms with Crippen LogP contribution in [0, 0.1) is 22.9 Å². The lowest BCUT2D eigenvalue weighted by Gasteiger charge is -2.15. The number of carbonyl (C=O) groups excluding carboxylic acids is 1. The van der Waals surface area contributed by atoms with Crippen LogP contribution >= 0.6 is 0 Å². The first kappa shape index (κ1) is 19.3. The zero-order valence-electron chi connectivity index (χ0n) is 14.8. The molecule has 0 saturated carbocycles. The van der Waals surface area contributed by atoms with E-state index in [9.17, 15) is 19.3 Å². The predicted octanol–water partition coefficient (Wildman–Crippen LogP) is 1.70. The van der Waals surface area contributed by atoms with Crippen LogP contribution in [0.25, 0.3) is 0 Å². The summed E-state index contributed by atoms with van der Waals surface area (Å²) in [4.78, 5) is 23.7. The van der Waals surface area contributed by atoms with Gasteiger partial charge in [-0.25, -0.2) is 4.39 Å². The molecule has 0 aliphatic heterocycles. The molecule has 1 unspecified atom stereocenters. The second-order valence-electron chi connectivity index (χ2n) is 6.08. The van der Waals surface area contributed by atoms with Crippen molar-refractivity contribution >= 4 is 17.3 Å². The van der Waals surface area contributed by atoms with E-state index in [1.165, 1.54) is 31.4 Å². The lowest BCUT2D eigenvalue weighted by Crippen LogP contribution is -3.08. The fraction of sp³-hybridized carbons (Fsp3) is 0.278. The minimum atomic E-state index is -0.530. The zero-order valence-corrected chi connectivity index (χ0v) is 14.8. The number of halogens is 1. The van der Waals surface area contributed by atoms with E-state index in [1.807, 2.05) is 7.05 Å². The Kier molecular flexibility index (Phi) is 6.24. The maximum Gasteiger partial charge on any atom is 0.311 e. The molecule has 1 amide bonds. The molecular weight excluding hydrogens is 341 g/mol. The Morgan fingerprint density at radius 1 is 1.31 bits per heavy atom. The topological polar surface area (TPSA) is 85.9 Å². The molecule has 0 aliphatic rings. The van der Waals surface area contributed by atoms with Gasteiger partial charge in [-0.3, -0.25) is 14.9 Å². The highest BCUT2D eigenvalue weighted by Gasteiger charge is 2.19. The number of methoxy groups -OCH3 is 1. The number of nitrogens with zero attached hydrogens (tertiary/aromatic N) is 1. The Morgan fingerprint density at radius 2 is 1.96 bits per heavy atom. The smallest absolute Gasteiger partial charge is 0.311 e. The molecule has 7 nitrogen and oxygen atoms in total. The summed E-state index contributed by atoms with van der Waals surface area (Å²) in [6.45, 7) is 2.43. The van der Waals surface area contributed by atoms with Crippen LogP contribution < -0.4 is 15.0 Å². The molecule has 0 bridgehead atoms. The minimum absolute atomic E-state index is 0.0860. The molecule has 2 aromatic rings.